The maximum absolute atomic E-state index is 12.8. The zero-order valence-electron chi connectivity index (χ0n) is 19.6. The summed E-state index contributed by atoms with van der Waals surface area (Å²) in [6.07, 6.45) is 0.469. The number of nitrogens with one attached hydrogen (secondary N) is 1. The van der Waals surface area contributed by atoms with Crippen molar-refractivity contribution in [3.05, 3.63) is 48.0 Å². The molecule has 1 N–H and O–H groups in total. The summed E-state index contributed by atoms with van der Waals surface area (Å²) in [7, 11) is 1.65. The van der Waals surface area contributed by atoms with E-state index in [1.807, 2.05) is 29.2 Å². The minimum absolute atomic E-state index is 0.0130. The molecule has 4 amide bonds. The van der Waals surface area contributed by atoms with E-state index in [-0.39, 0.29) is 38.0 Å². The smallest absolute Gasteiger partial charge is 0.325 e. The summed E-state index contributed by atoms with van der Waals surface area (Å²) in [5.74, 6) is 1.73. The molecule has 10 nitrogen and oxygen atoms in total. The van der Waals surface area contributed by atoms with Crippen LogP contribution in [0.1, 0.15) is 18.4 Å². The largest absolute Gasteiger partial charge is 0.495 e. The Labute approximate surface area is 203 Å². The summed E-state index contributed by atoms with van der Waals surface area (Å²) in [6, 6.07) is 12.0. The first-order valence-electron chi connectivity index (χ1n) is 11.7. The predicted octanol–water partition coefficient (Wildman–Crippen LogP) is 1.97. The van der Waals surface area contributed by atoms with Crippen molar-refractivity contribution in [2.45, 2.75) is 25.4 Å². The minimum Gasteiger partial charge on any atom is -0.495 e. The average molecular weight is 481 g/mol. The molecule has 3 heterocycles. The predicted molar refractivity (Wildman–Crippen MR) is 126 cm³/mol. The Hall–Kier alpha value is -3.95. The number of amides is 4. The third-order valence-electron chi connectivity index (χ3n) is 6.59. The first-order valence-corrected chi connectivity index (χ1v) is 11.7. The fourth-order valence-electron chi connectivity index (χ4n) is 4.66. The number of imide groups is 1. The Morgan fingerprint density at radius 1 is 1.06 bits per heavy atom. The van der Waals surface area contributed by atoms with Gasteiger partial charge in [-0.3, -0.25) is 14.5 Å². The molecule has 0 radical (unpaired) electrons. The van der Waals surface area contributed by atoms with Crippen LogP contribution in [0.4, 0.5) is 10.5 Å². The van der Waals surface area contributed by atoms with Gasteiger partial charge in [-0.25, -0.2) is 4.79 Å². The van der Waals surface area contributed by atoms with Crippen LogP contribution >= 0.6 is 0 Å². The molecule has 35 heavy (non-hydrogen) atoms. The quantitative estimate of drug-likeness (QED) is 0.605. The molecule has 3 aliphatic rings. The second kappa shape index (κ2) is 9.73. The number of rotatable bonds is 7. The molecule has 1 unspecified atom stereocenters. The topological polar surface area (TPSA) is 101 Å². The Balaban J connectivity index is 1.11. The fourth-order valence-corrected chi connectivity index (χ4v) is 4.66. The Bertz CT molecular complexity index is 1130. The fraction of sp³-hybridized carbons (Fsp3) is 0.400. The maximum atomic E-state index is 12.8. The number of benzene rings is 2. The van der Waals surface area contributed by atoms with Crippen LogP contribution in [0.2, 0.25) is 0 Å². The molecule has 0 aromatic heterocycles. The summed E-state index contributed by atoms with van der Waals surface area (Å²) < 4.78 is 16.1. The second-order valence-electron chi connectivity index (χ2n) is 8.69. The van der Waals surface area contributed by atoms with Crippen molar-refractivity contribution in [2.24, 2.45) is 0 Å². The van der Waals surface area contributed by atoms with E-state index in [1.54, 1.807) is 25.3 Å². The van der Waals surface area contributed by atoms with Crippen molar-refractivity contribution in [2.75, 3.05) is 45.0 Å². The summed E-state index contributed by atoms with van der Waals surface area (Å²) in [5, 5.41) is 2.71. The lowest BCUT2D eigenvalue weighted by molar-refractivity contribution is -0.132. The van der Waals surface area contributed by atoms with Crippen LogP contribution in [0, 0.1) is 0 Å². The van der Waals surface area contributed by atoms with Crippen LogP contribution in [0.25, 0.3) is 0 Å². The molecule has 184 valence electrons. The first kappa shape index (κ1) is 22.8. The molecule has 2 saturated heterocycles. The van der Waals surface area contributed by atoms with E-state index in [0.29, 0.717) is 37.7 Å². The van der Waals surface area contributed by atoms with E-state index in [0.717, 1.165) is 17.0 Å². The van der Waals surface area contributed by atoms with Gasteiger partial charge in [0.05, 0.1) is 19.3 Å². The number of carbonyl (C=O) groups excluding carboxylic acids is 3. The first-order chi connectivity index (χ1) is 17.0. The van der Waals surface area contributed by atoms with Gasteiger partial charge in [0.1, 0.15) is 11.8 Å². The number of hydrogen-bond acceptors (Lipinski definition) is 7. The lowest BCUT2D eigenvalue weighted by Gasteiger charge is -2.36. The van der Waals surface area contributed by atoms with E-state index in [2.05, 4.69) is 10.2 Å². The van der Waals surface area contributed by atoms with Crippen molar-refractivity contribution in [1.82, 2.24) is 15.1 Å². The van der Waals surface area contributed by atoms with Crippen LogP contribution < -0.4 is 24.4 Å². The van der Waals surface area contributed by atoms with Crippen molar-refractivity contribution >= 4 is 23.5 Å². The summed E-state index contributed by atoms with van der Waals surface area (Å²) >= 11 is 0. The second-order valence-corrected chi connectivity index (χ2v) is 8.69. The number of carbonyl (C=O) groups is 3. The third kappa shape index (κ3) is 4.68. The highest BCUT2D eigenvalue weighted by Gasteiger charge is 2.38. The number of urea groups is 1. The highest BCUT2D eigenvalue weighted by Crippen LogP contribution is 2.33. The van der Waals surface area contributed by atoms with Crippen LogP contribution in [0.5, 0.6) is 17.2 Å². The number of methoxy groups -OCH3 is 1. The molecule has 10 heteroatoms. The molecule has 1 atom stereocenters. The molecule has 2 fully saturated rings. The van der Waals surface area contributed by atoms with Gasteiger partial charge in [-0.1, -0.05) is 18.2 Å². The lowest BCUT2D eigenvalue weighted by Crippen LogP contribution is -2.49. The number of ether oxygens (including phenoxy) is 3. The van der Waals surface area contributed by atoms with Crippen LogP contribution in [-0.2, 0) is 16.1 Å². The van der Waals surface area contributed by atoms with Crippen molar-refractivity contribution < 1.29 is 28.6 Å². The molecular formula is C25H28N4O6. The molecule has 2 aromatic carbocycles. The molecule has 0 spiro atoms. The van der Waals surface area contributed by atoms with Gasteiger partial charge in [-0.05, 0) is 36.2 Å². The number of hydrogen-bond donors (Lipinski definition) is 1. The zero-order valence-corrected chi connectivity index (χ0v) is 19.6. The standard InChI is InChI=1S/C25H28N4O6/c1-33-20-5-3-2-4-19(20)27-10-12-28(13-11-27)23(30)9-7-18-24(31)29(25(32)26-18)15-17-6-8-21-22(14-17)35-16-34-21/h2-6,8,14,18H,7,9-13,15-16H2,1H3,(H,26,32). The molecular weight excluding hydrogens is 452 g/mol. The van der Waals surface area contributed by atoms with Gasteiger partial charge in [-0.2, -0.15) is 0 Å². The van der Waals surface area contributed by atoms with Gasteiger partial charge >= 0.3 is 6.03 Å². The number of para-hydroxylation sites is 2. The third-order valence-corrected chi connectivity index (χ3v) is 6.59. The number of piperazine rings is 1. The van der Waals surface area contributed by atoms with E-state index in [4.69, 9.17) is 14.2 Å². The number of nitrogens with zero attached hydrogens (tertiary/aromatic N) is 3. The molecule has 0 aliphatic carbocycles. The number of fused-ring (bicyclic) bond motifs is 1. The summed E-state index contributed by atoms with van der Waals surface area (Å²) in [5.41, 5.74) is 1.78. The van der Waals surface area contributed by atoms with E-state index in [1.165, 1.54) is 4.90 Å². The summed E-state index contributed by atoms with van der Waals surface area (Å²) in [4.78, 5) is 43.3. The zero-order chi connectivity index (χ0) is 24.4. The Kier molecular flexibility index (Phi) is 6.35. The molecule has 2 aromatic rings. The maximum Gasteiger partial charge on any atom is 0.325 e. The van der Waals surface area contributed by atoms with Crippen LogP contribution in [0.3, 0.4) is 0 Å². The van der Waals surface area contributed by atoms with Gasteiger partial charge in [0.15, 0.2) is 11.5 Å². The van der Waals surface area contributed by atoms with E-state index >= 15 is 0 Å². The van der Waals surface area contributed by atoms with Crippen LogP contribution in [-0.4, -0.2) is 73.8 Å². The van der Waals surface area contributed by atoms with Crippen molar-refractivity contribution in [1.29, 1.82) is 0 Å². The van der Waals surface area contributed by atoms with Gasteiger partial charge in [0, 0.05) is 32.6 Å². The molecule has 0 saturated carbocycles. The number of anilines is 1. The van der Waals surface area contributed by atoms with E-state index in [9.17, 15) is 14.4 Å². The van der Waals surface area contributed by atoms with Gasteiger partial charge in [0.2, 0.25) is 12.7 Å². The van der Waals surface area contributed by atoms with Crippen LogP contribution in [0.15, 0.2) is 42.5 Å². The van der Waals surface area contributed by atoms with Gasteiger partial charge in [-0.15, -0.1) is 0 Å². The Morgan fingerprint density at radius 3 is 2.63 bits per heavy atom. The normalized spacial score (nSPS) is 19.2. The molecule has 5 rings (SSSR count). The minimum atomic E-state index is -0.699. The summed E-state index contributed by atoms with van der Waals surface area (Å²) in [6.45, 7) is 2.89. The lowest BCUT2D eigenvalue weighted by atomic mass is 10.1. The van der Waals surface area contributed by atoms with Crippen molar-refractivity contribution in [3.63, 3.8) is 0 Å². The monoisotopic (exact) mass is 480 g/mol. The van der Waals surface area contributed by atoms with Gasteiger partial charge in [0.25, 0.3) is 5.91 Å². The Morgan fingerprint density at radius 2 is 1.83 bits per heavy atom. The SMILES string of the molecule is COc1ccccc1N1CCN(C(=O)CCC2NC(=O)N(Cc3ccc4c(c3)OCO4)C2=O)CC1. The van der Waals surface area contributed by atoms with Crippen molar-refractivity contribution in [3.8, 4) is 17.2 Å². The van der Waals surface area contributed by atoms with Gasteiger partial charge < -0.3 is 29.3 Å². The average Bonchev–Trinajstić information content (AvgIpc) is 3.46. The highest BCUT2D eigenvalue weighted by atomic mass is 16.7. The molecule has 3 aliphatic heterocycles. The van der Waals surface area contributed by atoms with E-state index < -0.39 is 12.1 Å². The molecule has 0 bridgehead atoms. The highest BCUT2D eigenvalue weighted by molar-refractivity contribution is 6.04.